The fourth-order valence-corrected chi connectivity index (χ4v) is 4.77. The highest BCUT2D eigenvalue weighted by Crippen LogP contribution is 2.33. The molecule has 0 atom stereocenters. The van der Waals surface area contributed by atoms with Crippen LogP contribution in [0.4, 0.5) is 30.2 Å². The minimum absolute atomic E-state index is 0.250. The molecule has 0 unspecified atom stereocenters. The van der Waals surface area contributed by atoms with E-state index in [-0.39, 0.29) is 6.41 Å². The van der Waals surface area contributed by atoms with Gasteiger partial charge in [-0.2, -0.15) is 13.2 Å². The van der Waals surface area contributed by atoms with Crippen LogP contribution in [0.25, 0.3) is 11.1 Å². The summed E-state index contributed by atoms with van der Waals surface area (Å²) >= 11 is 1.56. The molecule has 1 aliphatic rings. The fraction of sp³-hybridized carbons (Fsp3) is 0.270. The highest BCUT2D eigenvalue weighted by molar-refractivity contribution is 8.05. The normalized spacial score (nSPS) is 13.0. The molecule has 0 aliphatic carbocycles. The van der Waals surface area contributed by atoms with Crippen LogP contribution in [0.3, 0.4) is 0 Å². The largest absolute Gasteiger partial charge is 0.416 e. The molecule has 0 bridgehead atoms. The van der Waals surface area contributed by atoms with Crippen LogP contribution in [0, 0.1) is 6.92 Å². The van der Waals surface area contributed by atoms with Crippen LogP contribution < -0.4 is 27.0 Å². The van der Waals surface area contributed by atoms with E-state index >= 15 is 0 Å². The standard InChI is InChI=1S/C16H23N5.C14H12F3N.C6H11NS.CH3NO/c1-4-16(18-13-17-2)19-14-5-7-15(8-6-14)21-11-9-20(3)10-12-21;1-9-5-6-11(8-13(9)18)10-3-2-4-12(7-10)14(15,16)17;1-4-8-6(2)5-7-3;2-1-3/h4-8,13,19H,2,9-12H2,1,3H3;2-8H,18H2,1H3;4,7H,1-2,5H2,3H3;1H,(H2,2,3)/b16-4+,18-13-;;;. The number of nitrogen functional groups attached to an aromatic ring is 1. The smallest absolute Gasteiger partial charge is 0.398 e. The third-order valence-electron chi connectivity index (χ3n) is 6.99. The number of nitrogens with zero attached hydrogens (tertiary/aromatic N) is 4. The number of amides is 1. The van der Waals surface area contributed by atoms with E-state index in [1.54, 1.807) is 41.4 Å². The number of piperazine rings is 1. The molecule has 0 spiro atoms. The number of hydrogen-bond donors (Lipinski definition) is 4. The number of thioether (sulfide) groups is 1. The maximum absolute atomic E-state index is 12.6. The molecule has 1 saturated heterocycles. The third kappa shape index (κ3) is 16.5. The summed E-state index contributed by atoms with van der Waals surface area (Å²) in [4.78, 5) is 22.2. The van der Waals surface area contributed by atoms with Gasteiger partial charge in [-0.1, -0.05) is 37.4 Å². The van der Waals surface area contributed by atoms with Crippen molar-refractivity contribution in [1.82, 2.24) is 10.2 Å². The minimum Gasteiger partial charge on any atom is -0.398 e. The van der Waals surface area contributed by atoms with Gasteiger partial charge in [0, 0.05) is 49.8 Å². The SMILES string of the molecule is C=CSC(=C)CNC.C=N/C=N\C(=C/C)Nc1ccc(N2CCN(C)CC2)cc1.Cc1ccc(-c2cccc(C(F)(F)F)c2)cc1N.NC=O. The first kappa shape index (κ1) is 43.2. The molecule has 50 heavy (non-hydrogen) atoms. The average molecular weight is 711 g/mol. The molecule has 270 valence electrons. The molecule has 4 rings (SSSR count). The second kappa shape index (κ2) is 23.5. The number of nitrogens with two attached hydrogens (primary N) is 2. The van der Waals surface area contributed by atoms with Gasteiger partial charge in [0.15, 0.2) is 0 Å². The molecule has 6 N–H and O–H groups in total. The van der Waals surface area contributed by atoms with Gasteiger partial charge in [0.05, 0.1) is 5.56 Å². The van der Waals surface area contributed by atoms with E-state index in [1.165, 1.54) is 18.1 Å². The number of aliphatic imine (C=N–C) groups is 2. The Hall–Kier alpha value is -4.85. The number of halogens is 3. The molecule has 0 aromatic heterocycles. The van der Waals surface area contributed by atoms with Crippen molar-refractivity contribution >= 4 is 48.3 Å². The summed E-state index contributed by atoms with van der Waals surface area (Å²) in [7, 11) is 4.07. The molecule has 9 nitrogen and oxygen atoms in total. The zero-order valence-corrected chi connectivity index (χ0v) is 30.0. The number of carbonyl (C=O) groups excluding carboxylic acids is 1. The Morgan fingerprint density at radius 1 is 1.04 bits per heavy atom. The summed E-state index contributed by atoms with van der Waals surface area (Å²) in [6, 6.07) is 18.9. The van der Waals surface area contributed by atoms with Crippen molar-refractivity contribution in [3.8, 4) is 11.1 Å². The number of allylic oxidation sites excluding steroid dienone is 1. The van der Waals surface area contributed by atoms with Crippen LogP contribution in [0.5, 0.6) is 0 Å². The molecular formula is C37H49F3N8OS. The van der Waals surface area contributed by atoms with E-state index in [0.717, 1.165) is 66.8 Å². The van der Waals surface area contributed by atoms with Crippen LogP contribution in [0.2, 0.25) is 0 Å². The quantitative estimate of drug-likeness (QED) is 0.0748. The van der Waals surface area contributed by atoms with Crippen LogP contribution >= 0.6 is 11.8 Å². The van der Waals surface area contributed by atoms with E-state index in [4.69, 9.17) is 10.5 Å². The zero-order chi connectivity index (χ0) is 37.5. The Morgan fingerprint density at radius 2 is 1.66 bits per heavy atom. The highest BCUT2D eigenvalue weighted by atomic mass is 32.2. The maximum Gasteiger partial charge on any atom is 0.416 e. The number of hydrogen-bond acceptors (Lipinski definition) is 8. The first-order valence-electron chi connectivity index (χ1n) is 15.6. The van der Waals surface area contributed by atoms with Crippen molar-refractivity contribution in [2.75, 3.05) is 62.8 Å². The zero-order valence-electron chi connectivity index (χ0n) is 29.2. The lowest BCUT2D eigenvalue weighted by Crippen LogP contribution is -2.44. The van der Waals surface area contributed by atoms with Gasteiger partial charge in [0.25, 0.3) is 0 Å². The minimum atomic E-state index is -4.33. The molecule has 13 heteroatoms. The van der Waals surface area contributed by atoms with Gasteiger partial charge in [-0.05, 0) is 110 Å². The number of carbonyl (C=O) groups is 1. The van der Waals surface area contributed by atoms with Crippen molar-refractivity contribution in [2.45, 2.75) is 20.0 Å². The average Bonchev–Trinajstić information content (AvgIpc) is 3.09. The Kier molecular flexibility index (Phi) is 20.3. The molecular weight excluding hydrogens is 662 g/mol. The Bertz CT molecular complexity index is 1550. The molecule has 1 fully saturated rings. The molecule has 3 aromatic rings. The predicted molar refractivity (Wildman–Crippen MR) is 209 cm³/mol. The van der Waals surface area contributed by atoms with Gasteiger partial charge in [0.1, 0.15) is 12.2 Å². The van der Waals surface area contributed by atoms with Crippen molar-refractivity contribution in [1.29, 1.82) is 0 Å². The lowest BCUT2D eigenvalue weighted by Gasteiger charge is -2.34. The Morgan fingerprint density at radius 3 is 2.18 bits per heavy atom. The van der Waals surface area contributed by atoms with E-state index in [0.29, 0.717) is 16.8 Å². The van der Waals surface area contributed by atoms with Crippen molar-refractivity contribution in [3.05, 3.63) is 113 Å². The fourth-order valence-electron chi connectivity index (χ4n) is 4.30. The van der Waals surface area contributed by atoms with Gasteiger partial charge in [-0.3, -0.25) is 9.79 Å². The predicted octanol–water partition coefficient (Wildman–Crippen LogP) is 7.40. The van der Waals surface area contributed by atoms with E-state index in [2.05, 4.69) is 87.3 Å². The number of nitrogens with one attached hydrogen (secondary N) is 2. The summed E-state index contributed by atoms with van der Waals surface area (Å²) < 4.78 is 37.8. The van der Waals surface area contributed by atoms with Gasteiger partial charge in [0.2, 0.25) is 6.41 Å². The summed E-state index contributed by atoms with van der Waals surface area (Å²) in [5, 5.41) is 8.01. The van der Waals surface area contributed by atoms with Gasteiger partial charge in [-0.25, -0.2) is 4.99 Å². The van der Waals surface area contributed by atoms with Crippen molar-refractivity contribution < 1.29 is 18.0 Å². The number of rotatable bonds is 10. The molecule has 1 aliphatic heterocycles. The number of alkyl halides is 3. The summed E-state index contributed by atoms with van der Waals surface area (Å²) in [5.74, 6) is 0.759. The van der Waals surface area contributed by atoms with Crippen LogP contribution in [-0.2, 0) is 11.0 Å². The van der Waals surface area contributed by atoms with Crippen LogP contribution in [0.1, 0.15) is 18.1 Å². The number of aryl methyl sites for hydroxylation is 1. The van der Waals surface area contributed by atoms with Crippen LogP contribution in [-0.4, -0.2) is 71.2 Å². The first-order chi connectivity index (χ1) is 23.8. The molecule has 1 heterocycles. The van der Waals surface area contributed by atoms with Gasteiger partial charge >= 0.3 is 6.18 Å². The topological polar surface area (TPSA) is 124 Å². The molecule has 3 aromatic carbocycles. The number of primary amides is 1. The molecule has 1 amide bonds. The first-order valence-corrected chi connectivity index (χ1v) is 16.5. The monoisotopic (exact) mass is 710 g/mol. The lowest BCUT2D eigenvalue weighted by atomic mass is 10.0. The number of anilines is 3. The summed E-state index contributed by atoms with van der Waals surface area (Å²) in [6.45, 7) is 19.7. The van der Waals surface area contributed by atoms with Crippen LogP contribution in [0.15, 0.2) is 112 Å². The van der Waals surface area contributed by atoms with Crippen molar-refractivity contribution in [3.63, 3.8) is 0 Å². The lowest BCUT2D eigenvalue weighted by molar-refractivity contribution is -0.137. The maximum atomic E-state index is 12.6. The summed E-state index contributed by atoms with van der Waals surface area (Å²) in [6.07, 6.45) is -0.747. The second-order valence-corrected chi connectivity index (χ2v) is 11.8. The second-order valence-electron chi connectivity index (χ2n) is 10.7. The highest BCUT2D eigenvalue weighted by Gasteiger charge is 2.30. The van der Waals surface area contributed by atoms with E-state index in [9.17, 15) is 13.2 Å². The van der Waals surface area contributed by atoms with Gasteiger partial charge in [-0.15, -0.1) is 11.8 Å². The van der Waals surface area contributed by atoms with Crippen molar-refractivity contribution in [2.24, 2.45) is 15.7 Å². The summed E-state index contributed by atoms with van der Waals surface area (Å²) in [5.41, 5.74) is 14.2. The Balaban J connectivity index is 0.000000390. The number of likely N-dealkylation sites (N-methyl/N-ethyl adjacent to an activating group) is 2. The molecule has 0 saturated carbocycles. The number of benzene rings is 3. The third-order valence-corrected chi connectivity index (χ3v) is 7.63. The van der Waals surface area contributed by atoms with E-state index < -0.39 is 11.7 Å². The van der Waals surface area contributed by atoms with E-state index in [1.807, 2.05) is 27.0 Å². The molecule has 0 radical (unpaired) electrons. The Labute approximate surface area is 298 Å². The van der Waals surface area contributed by atoms with Gasteiger partial charge < -0.3 is 31.9 Å².